The van der Waals surface area contributed by atoms with Crippen LogP contribution in [0.25, 0.3) is 0 Å². The molecule has 0 aliphatic carbocycles. The second kappa shape index (κ2) is 6.39. The molecular formula is C15H14F3NO2. The minimum atomic E-state index is -4.38. The third-order valence-electron chi connectivity index (χ3n) is 2.74. The summed E-state index contributed by atoms with van der Waals surface area (Å²) in [7, 11) is 0. The maximum atomic E-state index is 12.2. The van der Waals surface area contributed by atoms with Crippen molar-refractivity contribution < 1.29 is 23.0 Å². The molecule has 0 radical (unpaired) electrons. The first-order valence-corrected chi connectivity index (χ1v) is 6.25. The van der Waals surface area contributed by atoms with Crippen molar-refractivity contribution in [1.82, 2.24) is 0 Å². The first-order chi connectivity index (χ1) is 9.96. The number of benzene rings is 2. The van der Waals surface area contributed by atoms with Crippen LogP contribution in [0, 0.1) is 0 Å². The van der Waals surface area contributed by atoms with Crippen LogP contribution in [-0.4, -0.2) is 17.9 Å². The number of para-hydroxylation sites is 3. The van der Waals surface area contributed by atoms with Crippen LogP contribution in [0.15, 0.2) is 48.5 Å². The van der Waals surface area contributed by atoms with Crippen LogP contribution in [-0.2, 0) is 6.54 Å². The molecule has 0 aromatic heterocycles. The highest BCUT2D eigenvalue weighted by Crippen LogP contribution is 2.27. The summed E-state index contributed by atoms with van der Waals surface area (Å²) in [6, 6.07) is 13.1. The van der Waals surface area contributed by atoms with Gasteiger partial charge in [-0.15, -0.1) is 0 Å². The van der Waals surface area contributed by atoms with Crippen LogP contribution in [0.2, 0.25) is 0 Å². The van der Waals surface area contributed by atoms with Gasteiger partial charge in [0.2, 0.25) is 0 Å². The monoisotopic (exact) mass is 297 g/mol. The summed E-state index contributed by atoms with van der Waals surface area (Å²) >= 11 is 0. The minimum absolute atomic E-state index is 0.116. The van der Waals surface area contributed by atoms with E-state index >= 15 is 0 Å². The molecule has 112 valence electrons. The Hall–Kier alpha value is -2.37. The predicted molar refractivity (Wildman–Crippen MR) is 73.4 cm³/mol. The lowest BCUT2D eigenvalue weighted by atomic mass is 10.2. The number of phenols is 1. The Labute approximate surface area is 120 Å². The summed E-state index contributed by atoms with van der Waals surface area (Å²) in [5, 5.41) is 12.6. The van der Waals surface area contributed by atoms with E-state index in [4.69, 9.17) is 4.74 Å². The van der Waals surface area contributed by atoms with E-state index < -0.39 is 12.8 Å². The number of ether oxygens (including phenoxy) is 1. The zero-order valence-corrected chi connectivity index (χ0v) is 11.0. The van der Waals surface area contributed by atoms with Crippen molar-refractivity contribution in [3.63, 3.8) is 0 Å². The molecule has 6 heteroatoms. The van der Waals surface area contributed by atoms with Gasteiger partial charge in [0.1, 0.15) is 11.5 Å². The minimum Gasteiger partial charge on any atom is -0.508 e. The van der Waals surface area contributed by atoms with Gasteiger partial charge >= 0.3 is 6.18 Å². The highest BCUT2D eigenvalue weighted by atomic mass is 19.4. The zero-order valence-electron chi connectivity index (χ0n) is 11.0. The number of anilines is 1. The third-order valence-corrected chi connectivity index (χ3v) is 2.74. The largest absolute Gasteiger partial charge is 0.508 e. The van der Waals surface area contributed by atoms with Crippen LogP contribution in [0.1, 0.15) is 5.56 Å². The van der Waals surface area contributed by atoms with Crippen LogP contribution in [0.3, 0.4) is 0 Å². The Balaban J connectivity index is 2.05. The van der Waals surface area contributed by atoms with Crippen LogP contribution in [0.4, 0.5) is 18.9 Å². The highest BCUT2D eigenvalue weighted by molar-refractivity contribution is 5.56. The summed E-state index contributed by atoms with van der Waals surface area (Å²) in [6.07, 6.45) is -4.38. The fourth-order valence-electron chi connectivity index (χ4n) is 1.75. The second-order valence-electron chi connectivity index (χ2n) is 4.38. The van der Waals surface area contributed by atoms with Gasteiger partial charge in [-0.2, -0.15) is 13.2 Å². The number of aromatic hydroxyl groups is 1. The predicted octanol–water partition coefficient (Wildman–Crippen LogP) is 3.95. The van der Waals surface area contributed by atoms with Crippen molar-refractivity contribution in [2.45, 2.75) is 12.7 Å². The smallest absolute Gasteiger partial charge is 0.422 e. The Bertz CT molecular complexity index is 599. The molecule has 2 N–H and O–H groups in total. The summed E-state index contributed by atoms with van der Waals surface area (Å²) in [4.78, 5) is 0. The summed E-state index contributed by atoms with van der Waals surface area (Å²) < 4.78 is 41.4. The molecule has 21 heavy (non-hydrogen) atoms. The number of nitrogens with one attached hydrogen (secondary N) is 1. The molecular weight excluding hydrogens is 283 g/mol. The molecule has 0 aliphatic rings. The van der Waals surface area contributed by atoms with Gasteiger partial charge in [0, 0.05) is 12.1 Å². The molecule has 3 nitrogen and oxygen atoms in total. The van der Waals surface area contributed by atoms with Gasteiger partial charge < -0.3 is 15.2 Å². The molecule has 0 aliphatic heterocycles. The van der Waals surface area contributed by atoms with Crippen molar-refractivity contribution in [3.05, 3.63) is 54.1 Å². The Morgan fingerprint density at radius 1 is 1.00 bits per heavy atom. The second-order valence-corrected chi connectivity index (χ2v) is 4.38. The molecule has 0 spiro atoms. The molecule has 0 unspecified atom stereocenters. The molecule has 2 rings (SSSR count). The molecule has 0 saturated heterocycles. The SMILES string of the molecule is Oc1ccccc1CNc1ccccc1OCC(F)(F)F. The third kappa shape index (κ3) is 4.59. The fourth-order valence-corrected chi connectivity index (χ4v) is 1.75. The Morgan fingerprint density at radius 3 is 2.38 bits per heavy atom. The van der Waals surface area contributed by atoms with Gasteiger partial charge in [-0.05, 0) is 18.2 Å². The summed E-state index contributed by atoms with van der Waals surface area (Å²) in [6.45, 7) is -1.07. The molecule has 2 aromatic rings. The van der Waals surface area contributed by atoms with E-state index in [1.54, 1.807) is 42.5 Å². The van der Waals surface area contributed by atoms with Gasteiger partial charge in [-0.3, -0.25) is 0 Å². The number of hydrogen-bond acceptors (Lipinski definition) is 3. The van der Waals surface area contributed by atoms with Crippen molar-refractivity contribution >= 4 is 5.69 Å². The number of rotatable bonds is 5. The van der Waals surface area contributed by atoms with E-state index in [0.29, 0.717) is 11.3 Å². The van der Waals surface area contributed by atoms with Gasteiger partial charge in [0.25, 0.3) is 0 Å². The standard InChI is InChI=1S/C15H14F3NO2/c16-15(17,18)10-21-14-8-4-2-6-12(14)19-9-11-5-1-3-7-13(11)20/h1-8,19-20H,9-10H2. The van der Waals surface area contributed by atoms with Gasteiger partial charge in [0.05, 0.1) is 5.69 Å². The topological polar surface area (TPSA) is 41.5 Å². The van der Waals surface area contributed by atoms with Gasteiger partial charge in [0.15, 0.2) is 6.61 Å². The van der Waals surface area contributed by atoms with Crippen LogP contribution in [0.5, 0.6) is 11.5 Å². The quantitative estimate of drug-likeness (QED) is 0.878. The maximum absolute atomic E-state index is 12.2. The molecule has 2 aromatic carbocycles. The van der Waals surface area contributed by atoms with Crippen molar-refractivity contribution in [1.29, 1.82) is 0 Å². The average molecular weight is 297 g/mol. The van der Waals surface area contributed by atoms with Crippen LogP contribution >= 0.6 is 0 Å². The van der Waals surface area contributed by atoms with E-state index in [0.717, 1.165) is 0 Å². The summed E-state index contributed by atoms with van der Waals surface area (Å²) in [5.41, 5.74) is 1.08. The lowest BCUT2D eigenvalue weighted by molar-refractivity contribution is -0.153. The highest BCUT2D eigenvalue weighted by Gasteiger charge is 2.28. The number of halogens is 3. The number of alkyl halides is 3. The fraction of sp³-hybridized carbons (Fsp3) is 0.200. The summed E-state index contributed by atoms with van der Waals surface area (Å²) in [5.74, 6) is 0.240. The number of phenolic OH excluding ortho intramolecular Hbond substituents is 1. The molecule has 0 amide bonds. The van der Waals surface area contributed by atoms with Gasteiger partial charge in [-0.25, -0.2) is 0 Å². The van der Waals surface area contributed by atoms with Gasteiger partial charge in [-0.1, -0.05) is 30.3 Å². The van der Waals surface area contributed by atoms with Crippen LogP contribution < -0.4 is 10.1 Å². The van der Waals surface area contributed by atoms with E-state index in [9.17, 15) is 18.3 Å². The first kappa shape index (κ1) is 15.0. The Morgan fingerprint density at radius 2 is 1.67 bits per heavy atom. The molecule has 0 saturated carbocycles. The molecule has 0 atom stereocenters. The number of hydrogen-bond donors (Lipinski definition) is 2. The van der Waals surface area contributed by atoms with E-state index in [1.165, 1.54) is 6.07 Å². The first-order valence-electron chi connectivity index (χ1n) is 6.25. The van der Waals surface area contributed by atoms with Crippen molar-refractivity contribution in [2.24, 2.45) is 0 Å². The lowest BCUT2D eigenvalue weighted by Gasteiger charge is -2.14. The van der Waals surface area contributed by atoms with Crippen molar-refractivity contribution in [2.75, 3.05) is 11.9 Å². The van der Waals surface area contributed by atoms with E-state index in [1.807, 2.05) is 0 Å². The molecule has 0 fully saturated rings. The average Bonchev–Trinajstić information content (AvgIpc) is 2.44. The lowest BCUT2D eigenvalue weighted by Crippen LogP contribution is -2.19. The van der Waals surface area contributed by atoms with E-state index in [-0.39, 0.29) is 18.0 Å². The molecule has 0 bridgehead atoms. The zero-order chi connectivity index (χ0) is 15.3. The van der Waals surface area contributed by atoms with Crippen molar-refractivity contribution in [3.8, 4) is 11.5 Å². The molecule has 0 heterocycles. The maximum Gasteiger partial charge on any atom is 0.422 e. The van der Waals surface area contributed by atoms with E-state index in [2.05, 4.69) is 5.32 Å². The normalized spacial score (nSPS) is 11.2. The Kier molecular flexibility index (Phi) is 4.57.